The lowest BCUT2D eigenvalue weighted by atomic mass is 10.0. The topological polar surface area (TPSA) is 331 Å². The maximum Gasteiger partial charge on any atom is 0.408 e. The van der Waals surface area contributed by atoms with Crippen molar-refractivity contribution in [3.63, 3.8) is 0 Å². The summed E-state index contributed by atoms with van der Waals surface area (Å²) in [5.74, 6) is 5.14. The predicted octanol–water partition coefficient (Wildman–Crippen LogP) is 4.47. The lowest BCUT2D eigenvalue weighted by Gasteiger charge is -2.23. The van der Waals surface area contributed by atoms with E-state index in [0.29, 0.717) is 62.5 Å². The minimum absolute atomic E-state index is 0. The summed E-state index contributed by atoms with van der Waals surface area (Å²) < 4.78 is 55.3. The molecule has 1 aromatic rings. The third-order valence-electron chi connectivity index (χ3n) is 10.6. The molecule has 534 valence electrons. The van der Waals surface area contributed by atoms with Crippen LogP contribution in [0.25, 0.3) is 0 Å². The fourth-order valence-corrected chi connectivity index (χ4v) is 10.0. The molecule has 1 unspecified atom stereocenters. The molecule has 0 saturated carbocycles. The molecule has 0 bridgehead atoms. The first-order chi connectivity index (χ1) is 40.5. The Hall–Kier alpha value is -5.02. The number of carbonyl (C=O) groups is 8. The predicted molar refractivity (Wildman–Crippen MR) is 363 cm³/mol. The third kappa shape index (κ3) is 66.4. The Morgan fingerprint density at radius 3 is 0.957 bits per heavy atom. The number of Topliss-reactive ketones (excluding diaryl/α,β-unsaturated/α-hetero) is 4. The average Bonchev–Trinajstić information content (AvgIpc) is 1.40. The molecule has 0 aliphatic rings. The zero-order valence-electron chi connectivity index (χ0n) is 58.8. The third-order valence-corrected chi connectivity index (χ3v) is 14.0. The summed E-state index contributed by atoms with van der Waals surface area (Å²) in [6, 6.07) is 7.23. The van der Waals surface area contributed by atoms with E-state index in [1.807, 2.05) is 30.3 Å². The molecule has 0 radical (unpaired) electrons. The smallest absolute Gasteiger partial charge is 0.408 e. The summed E-state index contributed by atoms with van der Waals surface area (Å²) in [6.45, 7) is 38.6. The summed E-state index contributed by atoms with van der Waals surface area (Å²) in [6.07, 6.45) is 10.4. The van der Waals surface area contributed by atoms with Crippen molar-refractivity contribution in [1.82, 2.24) is 21.3 Å². The number of amides is 4. The number of allylic oxidation sites excluding steroid dienone is 2. The first-order valence-corrected chi connectivity index (χ1v) is 37.1. The van der Waals surface area contributed by atoms with Gasteiger partial charge in [-0.1, -0.05) is 61.4 Å². The van der Waals surface area contributed by atoms with E-state index in [1.54, 1.807) is 108 Å². The molecule has 0 fully saturated rings. The Balaban J connectivity index is -0.000000254. The molecule has 4 atom stereocenters. The molecule has 0 aliphatic carbocycles. The zero-order valence-corrected chi connectivity index (χ0v) is 63.5. The molecule has 0 aliphatic heterocycles. The number of rotatable bonds is 28. The van der Waals surface area contributed by atoms with Gasteiger partial charge in [-0.15, -0.1) is 24.2 Å². The minimum atomic E-state index is -2.26. The van der Waals surface area contributed by atoms with Crippen LogP contribution >= 0.6 is 11.6 Å². The number of alkyl carbamates (subject to hydrolysis) is 4. The second-order valence-corrected chi connectivity index (χ2v) is 36.1. The molecule has 4 amide bonds. The highest BCUT2D eigenvalue weighted by Crippen LogP contribution is 2.17. The molecule has 6 N–H and O–H groups in total. The number of halogens is 3. The van der Waals surface area contributed by atoms with Crippen LogP contribution in [0.2, 0.25) is 0 Å². The monoisotopic (exact) mass is 1420 g/mol. The number of hydrogen-bond donors (Lipinski definition) is 5. The van der Waals surface area contributed by atoms with E-state index in [0.717, 1.165) is 27.7 Å². The van der Waals surface area contributed by atoms with Gasteiger partial charge in [-0.25, -0.2) is 25.1 Å². The van der Waals surface area contributed by atoms with E-state index in [2.05, 4.69) is 45.8 Å². The van der Waals surface area contributed by atoms with Gasteiger partial charge < -0.3 is 70.1 Å². The summed E-state index contributed by atoms with van der Waals surface area (Å²) >= 11 is 5.61. The zero-order chi connectivity index (χ0) is 71.4. The van der Waals surface area contributed by atoms with Crippen LogP contribution in [0.15, 0.2) is 78.0 Å². The Bertz CT molecular complexity index is 2580. The lowest BCUT2D eigenvalue weighted by Crippen LogP contribution is -3.00. The first-order valence-electron chi connectivity index (χ1n) is 29.1. The highest BCUT2D eigenvalue weighted by Gasteiger charge is 2.27. The van der Waals surface area contributed by atoms with E-state index < -0.39 is 101 Å². The molecular formula is C64H112Cl3N5O17S3. The molecule has 0 saturated heterocycles. The van der Waals surface area contributed by atoms with Crippen molar-refractivity contribution in [2.24, 2.45) is 5.90 Å². The van der Waals surface area contributed by atoms with Gasteiger partial charge in [-0.2, -0.15) is 0 Å². The van der Waals surface area contributed by atoms with Crippen molar-refractivity contribution in [3.05, 3.63) is 83.5 Å². The number of ketones is 4. The van der Waals surface area contributed by atoms with E-state index >= 15 is 0 Å². The van der Waals surface area contributed by atoms with Gasteiger partial charge in [0.05, 0.1) is 50.6 Å². The maximum atomic E-state index is 11.7. The normalized spacial score (nSPS) is 12.8. The van der Waals surface area contributed by atoms with Gasteiger partial charge in [-0.05, 0) is 179 Å². The summed E-state index contributed by atoms with van der Waals surface area (Å²) in [5.41, 5.74) is 1.13. The molecule has 28 heteroatoms. The minimum Gasteiger partial charge on any atom is -1.00 e. The number of hydrogen-bond acceptors (Lipinski definition) is 18. The molecule has 0 heterocycles. The fraction of sp³-hybridized carbons (Fsp3) is 0.656. The fourth-order valence-electron chi connectivity index (χ4n) is 6.88. The van der Waals surface area contributed by atoms with Gasteiger partial charge in [-0.3, -0.25) is 24.0 Å². The number of nitrogens with one attached hydrogen (secondary N) is 4. The second-order valence-electron chi connectivity index (χ2n) is 26.6. The van der Waals surface area contributed by atoms with Crippen LogP contribution < -0.4 is 57.1 Å². The van der Waals surface area contributed by atoms with Crippen molar-refractivity contribution >= 4 is 88.9 Å². The second kappa shape index (κ2) is 47.0. The van der Waals surface area contributed by atoms with Crippen LogP contribution in [0, 0.1) is 0 Å². The van der Waals surface area contributed by atoms with Gasteiger partial charge in [0.2, 0.25) is 0 Å². The standard InChI is InChI=1S/2C15H27NO4S.C14H25NO5S.C13H22ClNO3.C7H9NO.2ClH/c2*1-11(10-21(6,7)19)8-9-13(12(2)17)16-14(18)20-15(3,4)5;1-10(16)12(15-13(18)20-14(2,3)4)8-7-11(17)9-21(5,6)19;1-9(8-14)6-7-11(10(2)16)15-12(17)18-13(3,4)5;8-9-6-7-4-2-1-3-5-7;;/h2*13H,1,8-10H2,2-7H3;9,12H,7-8H2,1-6H3,(H-,15,17,18,19);11H,1,6-8H2,2-5H3,(H,15,17);1-5H,6,8H2;2*1H/t2*13-;12-;;;;/m000..../s1. The van der Waals surface area contributed by atoms with Crippen molar-refractivity contribution in [2.45, 2.75) is 215 Å². The molecule has 1 aromatic carbocycles. The van der Waals surface area contributed by atoms with Crippen LogP contribution in [-0.2, 0) is 92.0 Å². The van der Waals surface area contributed by atoms with Gasteiger partial charge >= 0.3 is 24.4 Å². The van der Waals surface area contributed by atoms with Crippen molar-refractivity contribution in [2.75, 3.05) is 54.9 Å². The van der Waals surface area contributed by atoms with Crippen LogP contribution in [0.1, 0.15) is 168 Å². The number of alkyl halides is 1. The highest BCUT2D eigenvalue weighted by atomic mass is 35.5. The van der Waals surface area contributed by atoms with Crippen LogP contribution in [0.4, 0.5) is 19.2 Å². The van der Waals surface area contributed by atoms with Crippen LogP contribution in [0.5, 0.6) is 0 Å². The summed E-state index contributed by atoms with van der Waals surface area (Å²) in [4.78, 5) is 97.1. The number of nitrogens with two attached hydrogens (primary N) is 1. The summed E-state index contributed by atoms with van der Waals surface area (Å²) in [7, 11) is -6.03. The van der Waals surface area contributed by atoms with Crippen molar-refractivity contribution in [3.8, 4) is 0 Å². The largest absolute Gasteiger partial charge is 1.00 e. The summed E-state index contributed by atoms with van der Waals surface area (Å²) in [5, 5.41) is 22.9. The molecule has 0 spiro atoms. The first kappa shape index (κ1) is 98.1. The van der Waals surface area contributed by atoms with Crippen molar-refractivity contribution in [1.29, 1.82) is 0 Å². The number of carbonyl (C=O) groups excluding carboxylic acids is 8. The van der Waals surface area contributed by atoms with Gasteiger partial charge in [0.15, 0.2) is 23.1 Å². The average molecular weight is 1430 g/mol. The molecule has 1 rings (SSSR count). The molecular weight excluding hydrogens is 1310 g/mol. The van der Waals surface area contributed by atoms with Gasteiger partial charge in [0.1, 0.15) is 86.8 Å². The molecule has 0 aromatic heterocycles. The number of ether oxygens (including phenoxy) is 4. The molecule has 92 heavy (non-hydrogen) atoms. The van der Waals surface area contributed by atoms with Gasteiger partial charge in [0, 0.05) is 5.88 Å². The van der Waals surface area contributed by atoms with Crippen LogP contribution in [0.3, 0.4) is 0 Å². The van der Waals surface area contributed by atoms with E-state index in [9.17, 15) is 56.1 Å². The van der Waals surface area contributed by atoms with E-state index in [4.69, 9.17) is 36.4 Å². The van der Waals surface area contributed by atoms with E-state index in [-0.39, 0.29) is 66.5 Å². The molecule has 22 nitrogen and oxygen atoms in total. The Kier molecular flexibility index (Phi) is 50.1. The van der Waals surface area contributed by atoms with E-state index in [1.165, 1.54) is 40.2 Å². The maximum absolute atomic E-state index is 11.7. The lowest BCUT2D eigenvalue weighted by molar-refractivity contribution is -0.306. The highest BCUT2D eigenvalue weighted by molar-refractivity contribution is 8.04. The number of benzene rings is 1. The van der Waals surface area contributed by atoms with Crippen LogP contribution in [-0.4, -0.2) is 149 Å². The Morgan fingerprint density at radius 2 is 0.750 bits per heavy atom. The Morgan fingerprint density at radius 1 is 0.500 bits per heavy atom. The van der Waals surface area contributed by atoms with Gasteiger partial charge in [0.25, 0.3) is 0 Å². The van der Waals surface area contributed by atoms with Crippen molar-refractivity contribution < 1.29 is 105 Å². The SMILES string of the molecule is C=C(CC[C@H](NC(=O)OC(C)(C)C)C(C)=O)C[S+](C)(C)=O.C=C(CC[C@H](NC(=O)OC(C)(C)C)C(C)=O)C[S+](C)(C)=O.C=C(CCl)CCC(NC(=O)OC(C)(C)C)C(C)=O.CC(=O)[C@H](CC/C([O-])=C/[S+](C)(C)=O)NC(=O)OC(C)(C)C.NOCc1ccccc1.[Cl-].[Cl-]. The Labute approximate surface area is 571 Å². The quantitative estimate of drug-likeness (QED) is 0.0193.